The van der Waals surface area contributed by atoms with Gasteiger partial charge in [-0.2, -0.15) is 0 Å². The first-order valence-electron chi connectivity index (χ1n) is 10.5. The highest BCUT2D eigenvalue weighted by molar-refractivity contribution is 8.00. The Morgan fingerprint density at radius 1 is 0.875 bits per heavy atom. The molecule has 1 fully saturated rings. The molecule has 2 aliphatic rings. The molecule has 1 atom stereocenters. The second-order valence-electron chi connectivity index (χ2n) is 7.97. The van der Waals surface area contributed by atoms with E-state index in [0.29, 0.717) is 18.3 Å². The van der Waals surface area contributed by atoms with Crippen molar-refractivity contribution in [3.8, 4) is 0 Å². The highest BCUT2D eigenvalue weighted by Gasteiger charge is 2.51. The van der Waals surface area contributed by atoms with Crippen molar-refractivity contribution < 1.29 is 14.7 Å². The van der Waals surface area contributed by atoms with E-state index in [1.54, 1.807) is 11.8 Å². The summed E-state index contributed by atoms with van der Waals surface area (Å²) in [5.74, 6) is -0.476. The predicted octanol–water partition coefficient (Wildman–Crippen LogP) is 3.62. The number of amides is 1. The molecule has 4 nitrogen and oxygen atoms in total. The lowest BCUT2D eigenvalue weighted by Crippen LogP contribution is -2.54. The van der Waals surface area contributed by atoms with E-state index in [9.17, 15) is 14.7 Å². The third kappa shape index (κ3) is 3.46. The summed E-state index contributed by atoms with van der Waals surface area (Å²) < 4.78 is 0. The van der Waals surface area contributed by atoms with Crippen molar-refractivity contribution in [2.24, 2.45) is 0 Å². The summed E-state index contributed by atoms with van der Waals surface area (Å²) in [6, 6.07) is 31.3. The molecule has 1 saturated heterocycles. The fraction of sp³-hybridized carbons (Fsp3) is 0.154. The van der Waals surface area contributed by atoms with E-state index < -0.39 is 13.2 Å². The van der Waals surface area contributed by atoms with Crippen LogP contribution in [0.3, 0.4) is 0 Å². The van der Waals surface area contributed by atoms with Crippen LogP contribution in [0.15, 0.2) is 102 Å². The van der Waals surface area contributed by atoms with Crippen LogP contribution in [-0.4, -0.2) is 39.2 Å². The standard InChI is InChI=1S/C26H22NO3PS/c28-23-16-24-27(23)25(26(29)30)19(18-32-24)17-31(20-10-4-1-5-11-20,21-12-6-2-7-13-21)22-14-8-3-9-15-22/h1-15,24H,16-18H2/p+1. The van der Waals surface area contributed by atoms with Gasteiger partial charge in [-0.05, 0) is 36.4 Å². The number of benzene rings is 3. The lowest BCUT2D eigenvalue weighted by Gasteiger charge is -2.44. The number of carbonyl (C=O) groups excluding carboxylic acids is 1. The van der Waals surface area contributed by atoms with Gasteiger partial charge in [0.05, 0.1) is 18.0 Å². The van der Waals surface area contributed by atoms with E-state index in [2.05, 4.69) is 36.4 Å². The Morgan fingerprint density at radius 3 is 1.75 bits per heavy atom. The van der Waals surface area contributed by atoms with E-state index >= 15 is 0 Å². The van der Waals surface area contributed by atoms with Crippen molar-refractivity contribution in [3.63, 3.8) is 0 Å². The predicted molar refractivity (Wildman–Crippen MR) is 132 cm³/mol. The average Bonchev–Trinajstić information content (AvgIpc) is 2.83. The van der Waals surface area contributed by atoms with Gasteiger partial charge < -0.3 is 5.11 Å². The fourth-order valence-electron chi connectivity index (χ4n) is 4.65. The SMILES string of the molecule is O=C(O)C1=C(C[P+](c2ccccc2)(c2ccccc2)c2ccccc2)CSC2CC(=O)N12. The van der Waals surface area contributed by atoms with E-state index in [0.717, 1.165) is 5.57 Å². The molecule has 0 aliphatic carbocycles. The zero-order chi connectivity index (χ0) is 22.1. The Morgan fingerprint density at radius 2 is 1.34 bits per heavy atom. The molecule has 5 rings (SSSR count). The third-order valence-corrected chi connectivity index (χ3v) is 11.8. The molecule has 2 aliphatic heterocycles. The molecular weight excluding hydrogens is 437 g/mol. The van der Waals surface area contributed by atoms with Crippen LogP contribution in [0.2, 0.25) is 0 Å². The highest BCUT2D eigenvalue weighted by atomic mass is 32.2. The molecule has 0 aromatic heterocycles. The van der Waals surface area contributed by atoms with Crippen LogP contribution in [0, 0.1) is 0 Å². The van der Waals surface area contributed by atoms with E-state index in [-0.39, 0.29) is 17.0 Å². The minimum absolute atomic E-state index is 0.0461. The summed E-state index contributed by atoms with van der Waals surface area (Å²) in [4.78, 5) is 26.2. The molecule has 32 heavy (non-hydrogen) atoms. The first-order chi connectivity index (χ1) is 15.6. The molecular formula is C26H23NO3PS+. The number of carbonyl (C=O) groups is 2. The molecule has 3 aromatic rings. The van der Waals surface area contributed by atoms with Gasteiger partial charge in [0, 0.05) is 11.3 Å². The number of fused-ring (bicyclic) bond motifs is 1. The molecule has 1 amide bonds. The van der Waals surface area contributed by atoms with Crippen molar-refractivity contribution >= 4 is 46.8 Å². The van der Waals surface area contributed by atoms with Crippen molar-refractivity contribution in [3.05, 3.63) is 102 Å². The molecule has 2 heterocycles. The summed E-state index contributed by atoms with van der Waals surface area (Å²) in [6.07, 6.45) is 1.02. The number of carboxylic acid groups (broad SMARTS) is 1. The van der Waals surface area contributed by atoms with Gasteiger partial charge in [-0.15, -0.1) is 11.8 Å². The van der Waals surface area contributed by atoms with Gasteiger partial charge in [-0.25, -0.2) is 4.79 Å². The van der Waals surface area contributed by atoms with Gasteiger partial charge >= 0.3 is 5.97 Å². The summed E-state index contributed by atoms with van der Waals surface area (Å²) >= 11 is 1.67. The van der Waals surface area contributed by atoms with Crippen LogP contribution in [0.25, 0.3) is 0 Å². The Balaban J connectivity index is 1.76. The molecule has 3 aromatic carbocycles. The van der Waals surface area contributed by atoms with Crippen molar-refractivity contribution in [2.45, 2.75) is 11.8 Å². The average molecular weight is 461 g/mol. The second-order valence-corrected chi connectivity index (χ2v) is 12.6. The van der Waals surface area contributed by atoms with Crippen molar-refractivity contribution in [1.29, 1.82) is 0 Å². The molecule has 0 spiro atoms. The van der Waals surface area contributed by atoms with Gasteiger partial charge in [-0.3, -0.25) is 9.69 Å². The number of carboxylic acids is 1. The molecule has 0 radical (unpaired) electrons. The number of hydrogen-bond donors (Lipinski definition) is 1. The Labute approximate surface area is 192 Å². The quantitative estimate of drug-likeness (QED) is 0.451. The lowest BCUT2D eigenvalue weighted by molar-refractivity contribution is -0.146. The van der Waals surface area contributed by atoms with Gasteiger partial charge in [0.25, 0.3) is 0 Å². The maximum atomic E-state index is 12.3. The van der Waals surface area contributed by atoms with Gasteiger partial charge in [0.1, 0.15) is 28.9 Å². The molecule has 0 bridgehead atoms. The zero-order valence-corrected chi connectivity index (χ0v) is 19.1. The minimum Gasteiger partial charge on any atom is -0.477 e. The highest BCUT2D eigenvalue weighted by Crippen LogP contribution is 2.58. The monoisotopic (exact) mass is 460 g/mol. The van der Waals surface area contributed by atoms with E-state index in [1.807, 2.05) is 54.6 Å². The summed E-state index contributed by atoms with van der Waals surface area (Å²) in [6.45, 7) is 0. The molecule has 0 saturated carbocycles. The van der Waals surface area contributed by atoms with Crippen LogP contribution in [0.5, 0.6) is 0 Å². The Hall–Kier alpha value is -2.88. The molecule has 1 unspecified atom stereocenters. The second kappa shape index (κ2) is 8.57. The zero-order valence-electron chi connectivity index (χ0n) is 17.4. The largest absolute Gasteiger partial charge is 0.477 e. The van der Waals surface area contributed by atoms with Crippen LogP contribution in [0.4, 0.5) is 0 Å². The molecule has 160 valence electrons. The van der Waals surface area contributed by atoms with E-state index in [1.165, 1.54) is 20.8 Å². The van der Waals surface area contributed by atoms with Gasteiger partial charge in [0.15, 0.2) is 0 Å². The normalized spacial score (nSPS) is 18.2. The first-order valence-corrected chi connectivity index (χ1v) is 13.6. The smallest absolute Gasteiger partial charge is 0.352 e. The summed E-state index contributed by atoms with van der Waals surface area (Å²) in [5, 5.41) is 13.7. The maximum Gasteiger partial charge on any atom is 0.352 e. The number of hydrogen-bond acceptors (Lipinski definition) is 3. The topological polar surface area (TPSA) is 57.6 Å². The maximum absolute atomic E-state index is 12.3. The van der Waals surface area contributed by atoms with Crippen LogP contribution < -0.4 is 15.9 Å². The molecule has 1 N–H and O–H groups in total. The fourth-order valence-corrected chi connectivity index (χ4v) is 10.4. The lowest BCUT2D eigenvalue weighted by atomic mass is 10.1. The minimum atomic E-state index is -2.21. The first kappa shape index (κ1) is 21.0. The molecule has 6 heteroatoms. The number of β-lactam (4-membered cyclic amide) rings is 1. The number of thioether (sulfide) groups is 1. The van der Waals surface area contributed by atoms with Crippen LogP contribution in [0.1, 0.15) is 6.42 Å². The summed E-state index contributed by atoms with van der Waals surface area (Å²) in [5.41, 5.74) is 1.04. The number of aliphatic carboxylic acids is 1. The third-order valence-electron chi connectivity index (χ3n) is 6.15. The Bertz CT molecular complexity index is 1080. The van der Waals surface area contributed by atoms with Crippen LogP contribution >= 0.6 is 19.0 Å². The van der Waals surface area contributed by atoms with Crippen molar-refractivity contribution in [2.75, 3.05) is 11.9 Å². The Kier molecular flexibility index (Phi) is 5.62. The van der Waals surface area contributed by atoms with Crippen LogP contribution in [-0.2, 0) is 9.59 Å². The van der Waals surface area contributed by atoms with Gasteiger partial charge in [-0.1, -0.05) is 54.6 Å². The summed E-state index contributed by atoms with van der Waals surface area (Å²) in [7, 11) is -2.21. The van der Waals surface area contributed by atoms with Gasteiger partial charge in [0.2, 0.25) is 5.91 Å². The van der Waals surface area contributed by atoms with Crippen molar-refractivity contribution in [1.82, 2.24) is 4.90 Å². The number of nitrogens with zero attached hydrogens (tertiary/aromatic N) is 1. The van der Waals surface area contributed by atoms with E-state index in [4.69, 9.17) is 0 Å². The number of rotatable bonds is 6.